The second-order valence-corrected chi connectivity index (χ2v) is 3.39. The molecule has 3 radical (unpaired) electrons. The number of carbonyl (C=O) groups is 1. The van der Waals surface area contributed by atoms with E-state index in [9.17, 15) is 4.79 Å². The lowest BCUT2D eigenvalue weighted by Crippen LogP contribution is -1.96. The minimum atomic E-state index is -0.999. The van der Waals surface area contributed by atoms with Gasteiger partial charge < -0.3 is 5.11 Å². The van der Waals surface area contributed by atoms with Crippen LogP contribution in [0.2, 0.25) is 5.02 Å². The minimum Gasteiger partial charge on any atom is -0.478 e. The van der Waals surface area contributed by atoms with E-state index >= 15 is 0 Å². The van der Waals surface area contributed by atoms with Gasteiger partial charge in [0.15, 0.2) is 0 Å². The molecule has 15 heavy (non-hydrogen) atoms. The zero-order chi connectivity index (χ0) is 10.1. The molecule has 0 aliphatic heterocycles. The van der Waals surface area contributed by atoms with E-state index in [1.54, 1.807) is 12.1 Å². The standard InChI is InChI=1S/C11H7ClO2.Al/c12-10-6-8-4-2-1-3-7(8)5-9(10)11(13)14;/h1-6H,(H,13,14);. The first kappa shape index (κ1) is 12.1. The van der Waals surface area contributed by atoms with Crippen LogP contribution in [-0.2, 0) is 0 Å². The van der Waals surface area contributed by atoms with E-state index in [4.69, 9.17) is 16.7 Å². The van der Waals surface area contributed by atoms with Crippen LogP contribution in [0.3, 0.4) is 0 Å². The number of fused-ring (bicyclic) bond motifs is 1. The maximum absolute atomic E-state index is 10.8. The Morgan fingerprint density at radius 1 is 1.13 bits per heavy atom. The van der Waals surface area contributed by atoms with Gasteiger partial charge in [0.05, 0.1) is 10.6 Å². The number of carboxylic acid groups (broad SMARTS) is 1. The average Bonchev–Trinajstić information content (AvgIpc) is 2.16. The fraction of sp³-hybridized carbons (Fsp3) is 0. The summed E-state index contributed by atoms with van der Waals surface area (Å²) < 4.78 is 0. The van der Waals surface area contributed by atoms with Crippen LogP contribution in [0.4, 0.5) is 0 Å². The lowest BCUT2D eigenvalue weighted by atomic mass is 10.1. The van der Waals surface area contributed by atoms with Gasteiger partial charge in [0.1, 0.15) is 0 Å². The summed E-state index contributed by atoms with van der Waals surface area (Å²) >= 11 is 5.82. The quantitative estimate of drug-likeness (QED) is 0.769. The lowest BCUT2D eigenvalue weighted by molar-refractivity contribution is 0.0697. The highest BCUT2D eigenvalue weighted by Crippen LogP contribution is 2.23. The van der Waals surface area contributed by atoms with E-state index in [0.29, 0.717) is 0 Å². The van der Waals surface area contributed by atoms with Crippen molar-refractivity contribution in [2.75, 3.05) is 0 Å². The fourth-order valence-corrected chi connectivity index (χ4v) is 1.63. The summed E-state index contributed by atoms with van der Waals surface area (Å²) in [6.07, 6.45) is 0. The number of halogens is 1. The molecule has 4 heteroatoms. The van der Waals surface area contributed by atoms with Crippen molar-refractivity contribution in [1.82, 2.24) is 0 Å². The molecule has 0 fully saturated rings. The first-order valence-electron chi connectivity index (χ1n) is 4.10. The van der Waals surface area contributed by atoms with Crippen LogP contribution in [0.5, 0.6) is 0 Å². The van der Waals surface area contributed by atoms with Crippen molar-refractivity contribution >= 4 is 45.7 Å². The second kappa shape index (κ2) is 4.67. The molecule has 0 heterocycles. The van der Waals surface area contributed by atoms with E-state index in [1.165, 1.54) is 0 Å². The summed E-state index contributed by atoms with van der Waals surface area (Å²) in [5.74, 6) is -0.999. The Labute approximate surface area is 103 Å². The summed E-state index contributed by atoms with van der Waals surface area (Å²) in [5.41, 5.74) is 0.144. The molecule has 0 saturated heterocycles. The SMILES string of the molecule is O=C(O)c1cc2ccccc2cc1Cl.[Al]. The van der Waals surface area contributed by atoms with Crippen LogP contribution in [0.15, 0.2) is 36.4 Å². The highest BCUT2D eigenvalue weighted by Gasteiger charge is 2.09. The number of rotatable bonds is 1. The van der Waals surface area contributed by atoms with Gasteiger partial charge in [-0.1, -0.05) is 35.9 Å². The second-order valence-electron chi connectivity index (χ2n) is 2.98. The number of benzene rings is 2. The van der Waals surface area contributed by atoms with Gasteiger partial charge in [0.25, 0.3) is 0 Å². The molecule has 0 unspecified atom stereocenters. The monoisotopic (exact) mass is 233 g/mol. The predicted molar refractivity (Wildman–Crippen MR) is 61.7 cm³/mol. The van der Waals surface area contributed by atoms with Gasteiger partial charge in [-0.05, 0) is 22.9 Å². The summed E-state index contributed by atoms with van der Waals surface area (Å²) in [7, 11) is 0. The van der Waals surface area contributed by atoms with Crippen molar-refractivity contribution < 1.29 is 9.90 Å². The van der Waals surface area contributed by atoms with E-state index < -0.39 is 5.97 Å². The van der Waals surface area contributed by atoms with Crippen molar-refractivity contribution in [3.63, 3.8) is 0 Å². The van der Waals surface area contributed by atoms with Crippen LogP contribution in [-0.4, -0.2) is 28.4 Å². The number of carboxylic acids is 1. The van der Waals surface area contributed by atoms with Crippen molar-refractivity contribution in [3.05, 3.63) is 47.0 Å². The molecule has 0 saturated carbocycles. The topological polar surface area (TPSA) is 37.3 Å². The van der Waals surface area contributed by atoms with Gasteiger partial charge in [-0.3, -0.25) is 0 Å². The zero-order valence-corrected chi connectivity index (χ0v) is 9.69. The molecule has 2 aromatic carbocycles. The van der Waals surface area contributed by atoms with Crippen molar-refractivity contribution in [2.24, 2.45) is 0 Å². The molecular formula is C11H7AlClO2. The Morgan fingerprint density at radius 3 is 2.20 bits per heavy atom. The zero-order valence-electron chi connectivity index (χ0n) is 7.77. The summed E-state index contributed by atoms with van der Waals surface area (Å²) in [6, 6.07) is 10.8. The third-order valence-electron chi connectivity index (χ3n) is 2.07. The molecule has 0 bridgehead atoms. The number of aromatic carboxylic acids is 1. The molecular weight excluding hydrogens is 227 g/mol. The highest BCUT2D eigenvalue weighted by molar-refractivity contribution is 6.34. The van der Waals surface area contributed by atoms with E-state index in [1.807, 2.05) is 24.3 Å². The van der Waals surface area contributed by atoms with Crippen molar-refractivity contribution in [2.45, 2.75) is 0 Å². The normalized spacial score (nSPS) is 9.67. The van der Waals surface area contributed by atoms with Gasteiger partial charge in [0, 0.05) is 17.4 Å². The van der Waals surface area contributed by atoms with Gasteiger partial charge in [-0.2, -0.15) is 0 Å². The molecule has 2 nitrogen and oxygen atoms in total. The maximum atomic E-state index is 10.8. The largest absolute Gasteiger partial charge is 0.478 e. The van der Waals surface area contributed by atoms with Gasteiger partial charge in [-0.15, -0.1) is 0 Å². The molecule has 0 aliphatic carbocycles. The first-order valence-corrected chi connectivity index (χ1v) is 4.48. The third-order valence-corrected chi connectivity index (χ3v) is 2.38. The van der Waals surface area contributed by atoms with Crippen LogP contribution < -0.4 is 0 Å². The first-order chi connectivity index (χ1) is 6.68. The molecule has 0 aliphatic rings. The van der Waals surface area contributed by atoms with Gasteiger partial charge >= 0.3 is 5.97 Å². The Balaban J connectivity index is 0.00000112. The Morgan fingerprint density at radius 2 is 1.67 bits per heavy atom. The molecule has 2 rings (SSSR count). The van der Waals surface area contributed by atoms with Gasteiger partial charge in [0.2, 0.25) is 0 Å². The molecule has 2 aromatic rings. The van der Waals surface area contributed by atoms with E-state index in [2.05, 4.69) is 0 Å². The van der Waals surface area contributed by atoms with Crippen LogP contribution in [0, 0.1) is 0 Å². The molecule has 1 N–H and O–H groups in total. The van der Waals surface area contributed by atoms with Crippen molar-refractivity contribution in [3.8, 4) is 0 Å². The summed E-state index contributed by atoms with van der Waals surface area (Å²) in [4.78, 5) is 10.8. The molecule has 0 atom stereocenters. The Bertz CT molecular complexity index is 511. The van der Waals surface area contributed by atoms with Crippen LogP contribution in [0.1, 0.15) is 10.4 Å². The van der Waals surface area contributed by atoms with E-state index in [-0.39, 0.29) is 27.9 Å². The fourth-order valence-electron chi connectivity index (χ4n) is 1.38. The third kappa shape index (κ3) is 2.32. The maximum Gasteiger partial charge on any atom is 0.337 e. The van der Waals surface area contributed by atoms with Crippen LogP contribution >= 0.6 is 11.6 Å². The minimum absolute atomic E-state index is 0. The Kier molecular flexibility index (Phi) is 3.76. The highest BCUT2D eigenvalue weighted by atomic mass is 35.5. The molecule has 0 aromatic heterocycles. The smallest absolute Gasteiger partial charge is 0.337 e. The summed E-state index contributed by atoms with van der Waals surface area (Å²) in [5, 5.41) is 10.9. The lowest BCUT2D eigenvalue weighted by Gasteiger charge is -2.01. The molecule has 0 spiro atoms. The van der Waals surface area contributed by atoms with Gasteiger partial charge in [-0.25, -0.2) is 4.79 Å². The number of hydrogen-bond acceptors (Lipinski definition) is 1. The predicted octanol–water partition coefficient (Wildman–Crippen LogP) is 2.81. The summed E-state index contributed by atoms with van der Waals surface area (Å²) in [6.45, 7) is 0. The van der Waals surface area contributed by atoms with Crippen molar-refractivity contribution in [1.29, 1.82) is 0 Å². The molecule has 73 valence electrons. The van der Waals surface area contributed by atoms with E-state index in [0.717, 1.165) is 10.8 Å². The molecule has 0 amide bonds. The average molecular weight is 234 g/mol. The Hall–Kier alpha value is -1.01. The van der Waals surface area contributed by atoms with Crippen LogP contribution in [0.25, 0.3) is 10.8 Å². The number of hydrogen-bond donors (Lipinski definition) is 1.